The Morgan fingerprint density at radius 3 is 2.55 bits per heavy atom. The average molecular weight is 424 g/mol. The van der Waals surface area contributed by atoms with Gasteiger partial charge in [-0.15, -0.1) is 0 Å². The molecule has 0 amide bonds. The van der Waals surface area contributed by atoms with Gasteiger partial charge in [-0.25, -0.2) is 0 Å². The molecule has 1 aliphatic heterocycles. The Hall–Kier alpha value is -2.73. The highest BCUT2D eigenvalue weighted by Gasteiger charge is 2.23. The number of nitrogens with zero attached hydrogens (tertiary/aromatic N) is 3. The SMILES string of the molecule is CN=C(NCc1ccc(OCCCN(C)C)cc1)NC1CCN(c2ccc(C)cc2)C1. The van der Waals surface area contributed by atoms with E-state index in [-0.39, 0.29) is 0 Å². The minimum absolute atomic E-state index is 0.394. The summed E-state index contributed by atoms with van der Waals surface area (Å²) in [4.78, 5) is 9.01. The van der Waals surface area contributed by atoms with E-state index in [0.717, 1.165) is 57.3 Å². The molecule has 1 fully saturated rings. The molecular weight excluding hydrogens is 386 g/mol. The van der Waals surface area contributed by atoms with Gasteiger partial charge in [0.15, 0.2) is 5.96 Å². The quantitative estimate of drug-likeness (QED) is 0.368. The molecule has 1 heterocycles. The molecule has 0 aliphatic carbocycles. The highest BCUT2D eigenvalue weighted by atomic mass is 16.5. The Labute approximate surface area is 187 Å². The van der Waals surface area contributed by atoms with Crippen molar-refractivity contribution in [3.8, 4) is 5.75 Å². The minimum atomic E-state index is 0.394. The lowest BCUT2D eigenvalue weighted by molar-refractivity contribution is 0.281. The van der Waals surface area contributed by atoms with Gasteiger partial charge in [0.2, 0.25) is 0 Å². The van der Waals surface area contributed by atoms with E-state index in [1.54, 1.807) is 0 Å². The first-order valence-electron chi connectivity index (χ1n) is 11.2. The molecule has 168 valence electrons. The number of aryl methyl sites for hydroxylation is 1. The summed E-state index contributed by atoms with van der Waals surface area (Å²) in [7, 11) is 5.99. The van der Waals surface area contributed by atoms with Crippen molar-refractivity contribution in [1.29, 1.82) is 0 Å². The fourth-order valence-corrected chi connectivity index (χ4v) is 3.72. The van der Waals surface area contributed by atoms with Crippen LogP contribution in [0.2, 0.25) is 0 Å². The molecule has 31 heavy (non-hydrogen) atoms. The minimum Gasteiger partial charge on any atom is -0.494 e. The molecule has 2 aromatic carbocycles. The second-order valence-corrected chi connectivity index (χ2v) is 8.49. The highest BCUT2D eigenvalue weighted by Crippen LogP contribution is 2.20. The Balaban J connectivity index is 1.41. The fourth-order valence-electron chi connectivity index (χ4n) is 3.72. The summed E-state index contributed by atoms with van der Waals surface area (Å²) in [6.45, 7) is 6.69. The summed E-state index contributed by atoms with van der Waals surface area (Å²) in [5, 5.41) is 7.00. The predicted octanol–water partition coefficient (Wildman–Crippen LogP) is 3.27. The van der Waals surface area contributed by atoms with Gasteiger partial charge in [0, 0.05) is 45.0 Å². The van der Waals surface area contributed by atoms with Crippen molar-refractivity contribution in [2.45, 2.75) is 32.4 Å². The van der Waals surface area contributed by atoms with Crippen molar-refractivity contribution in [2.24, 2.45) is 4.99 Å². The molecule has 0 aromatic heterocycles. The maximum Gasteiger partial charge on any atom is 0.191 e. The molecule has 2 aromatic rings. The lowest BCUT2D eigenvalue weighted by Crippen LogP contribution is -2.44. The number of rotatable bonds is 9. The number of anilines is 1. The first-order chi connectivity index (χ1) is 15.0. The molecule has 6 nitrogen and oxygen atoms in total. The molecule has 6 heteroatoms. The lowest BCUT2D eigenvalue weighted by Gasteiger charge is -2.20. The van der Waals surface area contributed by atoms with E-state index >= 15 is 0 Å². The number of benzene rings is 2. The third kappa shape index (κ3) is 7.47. The van der Waals surface area contributed by atoms with E-state index < -0.39 is 0 Å². The van der Waals surface area contributed by atoms with Gasteiger partial charge in [0.25, 0.3) is 0 Å². The molecule has 1 unspecified atom stereocenters. The second kappa shape index (κ2) is 11.6. The van der Waals surface area contributed by atoms with E-state index in [4.69, 9.17) is 4.74 Å². The summed E-state index contributed by atoms with van der Waals surface area (Å²) in [5.74, 6) is 1.77. The Kier molecular flexibility index (Phi) is 8.59. The Morgan fingerprint density at radius 2 is 1.87 bits per heavy atom. The molecule has 2 N–H and O–H groups in total. The molecule has 0 saturated carbocycles. The third-order valence-electron chi connectivity index (χ3n) is 5.55. The van der Waals surface area contributed by atoms with Crippen LogP contribution in [0.25, 0.3) is 0 Å². The van der Waals surface area contributed by atoms with Gasteiger partial charge >= 0.3 is 0 Å². The molecule has 1 saturated heterocycles. The Morgan fingerprint density at radius 1 is 1.13 bits per heavy atom. The number of guanidine groups is 1. The fraction of sp³-hybridized carbons (Fsp3) is 0.480. The van der Waals surface area contributed by atoms with Crippen LogP contribution in [0, 0.1) is 6.92 Å². The van der Waals surface area contributed by atoms with Crippen LogP contribution in [0.1, 0.15) is 24.0 Å². The molecule has 0 radical (unpaired) electrons. The maximum atomic E-state index is 5.81. The second-order valence-electron chi connectivity index (χ2n) is 8.49. The number of aliphatic imine (C=N–C) groups is 1. The van der Waals surface area contributed by atoms with Crippen molar-refractivity contribution in [2.75, 3.05) is 52.3 Å². The highest BCUT2D eigenvalue weighted by molar-refractivity contribution is 5.80. The van der Waals surface area contributed by atoms with Gasteiger partial charge in [-0.3, -0.25) is 4.99 Å². The van der Waals surface area contributed by atoms with E-state index in [9.17, 15) is 0 Å². The first-order valence-corrected chi connectivity index (χ1v) is 11.2. The summed E-state index contributed by atoms with van der Waals surface area (Å²) in [6.07, 6.45) is 2.13. The van der Waals surface area contributed by atoms with Crippen LogP contribution in [-0.4, -0.2) is 64.3 Å². The predicted molar refractivity (Wildman–Crippen MR) is 130 cm³/mol. The zero-order chi connectivity index (χ0) is 22.1. The first kappa shape index (κ1) is 22.9. The van der Waals surface area contributed by atoms with Gasteiger partial charge < -0.3 is 25.2 Å². The van der Waals surface area contributed by atoms with E-state index in [1.807, 2.05) is 19.2 Å². The largest absolute Gasteiger partial charge is 0.494 e. The van der Waals surface area contributed by atoms with E-state index in [2.05, 4.69) is 82.8 Å². The van der Waals surface area contributed by atoms with Gasteiger partial charge in [-0.2, -0.15) is 0 Å². The van der Waals surface area contributed by atoms with Crippen molar-refractivity contribution in [1.82, 2.24) is 15.5 Å². The molecule has 1 atom stereocenters. The van der Waals surface area contributed by atoms with Crippen molar-refractivity contribution < 1.29 is 4.74 Å². The normalized spacial score (nSPS) is 16.6. The average Bonchev–Trinajstić information content (AvgIpc) is 3.24. The molecular formula is C25H37N5O. The van der Waals surface area contributed by atoms with Crippen LogP contribution < -0.4 is 20.3 Å². The zero-order valence-corrected chi connectivity index (χ0v) is 19.4. The summed E-state index contributed by atoms with van der Waals surface area (Å²) in [5.41, 5.74) is 3.80. The number of hydrogen-bond donors (Lipinski definition) is 2. The zero-order valence-electron chi connectivity index (χ0n) is 19.4. The Bertz CT molecular complexity index is 817. The van der Waals surface area contributed by atoms with Crippen LogP contribution in [0.15, 0.2) is 53.5 Å². The van der Waals surface area contributed by atoms with Gasteiger partial charge in [-0.1, -0.05) is 29.8 Å². The van der Waals surface area contributed by atoms with Crippen molar-refractivity contribution >= 4 is 11.6 Å². The lowest BCUT2D eigenvalue weighted by atomic mass is 10.2. The number of nitrogens with one attached hydrogen (secondary N) is 2. The molecule has 3 rings (SSSR count). The van der Waals surface area contributed by atoms with Crippen LogP contribution in [0.4, 0.5) is 5.69 Å². The maximum absolute atomic E-state index is 5.81. The standard InChI is InChI=1S/C25H37N5O/c1-20-6-10-23(11-7-20)30-16-14-22(19-30)28-25(26-2)27-18-21-8-12-24(13-9-21)31-17-5-15-29(3)4/h6-13,22H,5,14-19H2,1-4H3,(H2,26,27,28). The van der Waals surface area contributed by atoms with Gasteiger partial charge in [0.05, 0.1) is 6.61 Å². The third-order valence-corrected chi connectivity index (χ3v) is 5.55. The number of hydrogen-bond acceptors (Lipinski definition) is 4. The monoisotopic (exact) mass is 423 g/mol. The molecule has 0 bridgehead atoms. The van der Waals surface area contributed by atoms with Crippen LogP contribution >= 0.6 is 0 Å². The summed E-state index contributed by atoms with van der Waals surface area (Å²) >= 11 is 0. The van der Waals surface area contributed by atoms with Crippen LogP contribution in [0.5, 0.6) is 5.75 Å². The summed E-state index contributed by atoms with van der Waals surface area (Å²) in [6, 6.07) is 17.5. The van der Waals surface area contributed by atoms with Crippen LogP contribution in [-0.2, 0) is 6.54 Å². The smallest absolute Gasteiger partial charge is 0.191 e. The summed E-state index contributed by atoms with van der Waals surface area (Å²) < 4.78 is 5.81. The van der Waals surface area contributed by atoms with Crippen molar-refractivity contribution in [3.63, 3.8) is 0 Å². The number of ether oxygens (including phenoxy) is 1. The molecule has 1 aliphatic rings. The van der Waals surface area contributed by atoms with Crippen LogP contribution in [0.3, 0.4) is 0 Å². The molecule has 0 spiro atoms. The van der Waals surface area contributed by atoms with E-state index in [0.29, 0.717) is 6.04 Å². The van der Waals surface area contributed by atoms with Gasteiger partial charge in [-0.05, 0) is 63.7 Å². The van der Waals surface area contributed by atoms with E-state index in [1.165, 1.54) is 16.8 Å². The van der Waals surface area contributed by atoms with Crippen molar-refractivity contribution in [3.05, 3.63) is 59.7 Å². The van der Waals surface area contributed by atoms with Gasteiger partial charge in [0.1, 0.15) is 5.75 Å². The topological polar surface area (TPSA) is 52.1 Å².